The average Bonchev–Trinajstić information content (AvgIpc) is 2.83. The fourth-order valence-electron chi connectivity index (χ4n) is 4.36. The van der Waals surface area contributed by atoms with Crippen molar-refractivity contribution < 1.29 is 19.4 Å². The van der Waals surface area contributed by atoms with Gasteiger partial charge in [0.2, 0.25) is 0 Å². The summed E-state index contributed by atoms with van der Waals surface area (Å²) in [5.41, 5.74) is 1.01. The Hall–Kier alpha value is -3.66. The number of hydrogen-bond donors (Lipinski definition) is 5. The number of rotatable bonds is 6. The third kappa shape index (κ3) is 6.19. The van der Waals surface area contributed by atoms with E-state index >= 15 is 4.39 Å². The van der Waals surface area contributed by atoms with Gasteiger partial charge in [0.1, 0.15) is 23.2 Å². The first-order chi connectivity index (χ1) is 17.4. The van der Waals surface area contributed by atoms with Crippen LogP contribution >= 0.6 is 0 Å². The topological polar surface area (TPSA) is 127 Å². The van der Waals surface area contributed by atoms with E-state index in [1.807, 2.05) is 18.7 Å². The number of piperazine rings is 1. The fourth-order valence-corrected chi connectivity index (χ4v) is 4.36. The molecule has 0 saturated carbocycles. The van der Waals surface area contributed by atoms with Crippen molar-refractivity contribution in [2.45, 2.75) is 46.6 Å². The second-order valence-corrected chi connectivity index (χ2v) is 9.80. The summed E-state index contributed by atoms with van der Waals surface area (Å²) < 4.78 is 15.4. The number of likely N-dealkylation sites (N-methyl/N-ethyl adjacent to an activating group) is 1. The van der Waals surface area contributed by atoms with Crippen molar-refractivity contribution in [2.75, 3.05) is 42.5 Å². The molecule has 2 aromatic carbocycles. The monoisotopic (exact) mass is 512 g/mol. The van der Waals surface area contributed by atoms with E-state index in [0.717, 1.165) is 30.6 Å². The number of benzene rings is 2. The number of hydrogen-bond acceptors (Lipinski definition) is 7. The number of carbonyl (C=O) groups is 1. The molecule has 1 heterocycles. The molecule has 0 aliphatic carbocycles. The minimum absolute atomic E-state index is 0.00349. The van der Waals surface area contributed by atoms with Gasteiger partial charge in [-0.25, -0.2) is 4.39 Å². The van der Waals surface area contributed by atoms with Gasteiger partial charge in [0.05, 0.1) is 16.9 Å². The molecule has 2 aromatic rings. The number of phenolic OH excluding ortho intramolecular Hbond substituents is 2. The Labute approximate surface area is 217 Å². The first kappa shape index (κ1) is 27.9. The van der Waals surface area contributed by atoms with Gasteiger partial charge in [-0.3, -0.25) is 20.5 Å². The number of phenols is 2. The molecule has 0 aromatic heterocycles. The van der Waals surface area contributed by atoms with Crippen molar-refractivity contribution in [3.63, 3.8) is 0 Å². The molecule has 1 saturated heterocycles. The van der Waals surface area contributed by atoms with Gasteiger partial charge in [-0.05, 0) is 50.1 Å². The quantitative estimate of drug-likeness (QED) is 0.296. The summed E-state index contributed by atoms with van der Waals surface area (Å²) in [6, 6.07) is 6.69. The van der Waals surface area contributed by atoms with Crippen LogP contribution in [0.25, 0.3) is 0 Å². The lowest BCUT2D eigenvalue weighted by Crippen LogP contribution is -2.48. The molecule has 9 nitrogen and oxygen atoms in total. The van der Waals surface area contributed by atoms with Crippen LogP contribution in [0.3, 0.4) is 0 Å². The molecule has 0 unspecified atom stereocenters. The summed E-state index contributed by atoms with van der Waals surface area (Å²) >= 11 is 0. The fraction of sp³-hybridized carbons (Fsp3) is 0.444. The zero-order valence-corrected chi connectivity index (χ0v) is 22.1. The number of amides is 1. The Morgan fingerprint density at radius 2 is 1.70 bits per heavy atom. The van der Waals surface area contributed by atoms with Crippen LogP contribution < -0.4 is 15.1 Å². The first-order valence-corrected chi connectivity index (χ1v) is 12.6. The van der Waals surface area contributed by atoms with E-state index in [2.05, 4.69) is 17.1 Å². The van der Waals surface area contributed by atoms with Crippen LogP contribution in [0.2, 0.25) is 0 Å². The molecule has 1 amide bonds. The molecule has 0 atom stereocenters. The van der Waals surface area contributed by atoms with Gasteiger partial charge < -0.3 is 25.3 Å². The van der Waals surface area contributed by atoms with Crippen molar-refractivity contribution in [2.24, 2.45) is 0 Å². The van der Waals surface area contributed by atoms with E-state index in [1.165, 1.54) is 12.1 Å². The lowest BCUT2D eigenvalue weighted by Gasteiger charge is -2.36. The van der Waals surface area contributed by atoms with E-state index < -0.39 is 23.4 Å². The lowest BCUT2D eigenvalue weighted by atomic mass is 9.98. The molecule has 1 aliphatic heterocycles. The van der Waals surface area contributed by atoms with Crippen molar-refractivity contribution in [3.8, 4) is 11.5 Å². The second kappa shape index (κ2) is 11.6. The number of aromatic hydroxyl groups is 2. The zero-order valence-electron chi connectivity index (χ0n) is 22.1. The van der Waals surface area contributed by atoms with Gasteiger partial charge in [-0.15, -0.1) is 0 Å². The second-order valence-electron chi connectivity index (χ2n) is 9.80. The minimum Gasteiger partial charge on any atom is -0.508 e. The maximum absolute atomic E-state index is 15.4. The van der Waals surface area contributed by atoms with Crippen LogP contribution in [0, 0.1) is 16.6 Å². The molecule has 200 valence electrons. The summed E-state index contributed by atoms with van der Waals surface area (Å²) in [5, 5.41) is 40.9. The highest BCUT2D eigenvalue weighted by molar-refractivity contribution is 6.48. The molecule has 1 fully saturated rings. The highest BCUT2D eigenvalue weighted by Gasteiger charge is 2.29. The third-order valence-electron chi connectivity index (χ3n) is 6.45. The van der Waals surface area contributed by atoms with Gasteiger partial charge in [0.15, 0.2) is 5.84 Å². The molecule has 10 heteroatoms. The van der Waals surface area contributed by atoms with Crippen LogP contribution in [0.15, 0.2) is 30.3 Å². The van der Waals surface area contributed by atoms with Crippen molar-refractivity contribution in [1.29, 1.82) is 10.8 Å². The number of anilines is 2. The smallest absolute Gasteiger partial charge is 0.287 e. The Morgan fingerprint density at radius 1 is 1.05 bits per heavy atom. The van der Waals surface area contributed by atoms with Crippen molar-refractivity contribution >= 4 is 29.0 Å². The van der Waals surface area contributed by atoms with Crippen LogP contribution in [0.5, 0.6) is 11.5 Å². The van der Waals surface area contributed by atoms with Gasteiger partial charge >= 0.3 is 0 Å². The predicted molar refractivity (Wildman–Crippen MR) is 145 cm³/mol. The molecule has 0 radical (unpaired) electrons. The van der Waals surface area contributed by atoms with Gasteiger partial charge in [0.25, 0.3) is 5.91 Å². The molecule has 37 heavy (non-hydrogen) atoms. The Bertz CT molecular complexity index is 1170. The summed E-state index contributed by atoms with van der Waals surface area (Å²) in [4.78, 5) is 18.0. The number of carbonyl (C=O) groups excluding carboxylic acids is 1. The minimum atomic E-state index is -0.748. The Morgan fingerprint density at radius 3 is 2.24 bits per heavy atom. The summed E-state index contributed by atoms with van der Waals surface area (Å²) in [6.45, 7) is 13.2. The number of nitrogens with one attached hydrogen (secondary N) is 3. The van der Waals surface area contributed by atoms with Crippen LogP contribution in [-0.2, 0) is 4.79 Å². The number of halogens is 1. The van der Waals surface area contributed by atoms with E-state index in [4.69, 9.17) is 10.8 Å². The molecular weight excluding hydrogens is 475 g/mol. The van der Waals surface area contributed by atoms with Crippen LogP contribution in [0.1, 0.15) is 51.7 Å². The highest BCUT2D eigenvalue weighted by Crippen LogP contribution is 2.34. The molecule has 1 aliphatic rings. The molecular formula is C27H37FN6O3. The SMILES string of the molecule is CCN1CCN(c2ccc(N(C(=N)C(=O)NC(C)C)C(=N)c3cc(C(C)C)c(O)cc3O)cc2F)CC1. The number of amidine groups is 2. The van der Waals surface area contributed by atoms with E-state index in [1.54, 1.807) is 26.0 Å². The third-order valence-corrected chi connectivity index (χ3v) is 6.45. The largest absolute Gasteiger partial charge is 0.508 e. The summed E-state index contributed by atoms with van der Waals surface area (Å²) in [7, 11) is 0. The van der Waals surface area contributed by atoms with Gasteiger partial charge in [-0.1, -0.05) is 20.8 Å². The predicted octanol–water partition coefficient (Wildman–Crippen LogP) is 3.84. The van der Waals surface area contributed by atoms with Crippen molar-refractivity contribution in [1.82, 2.24) is 10.2 Å². The van der Waals surface area contributed by atoms with Gasteiger partial charge in [0, 0.05) is 44.4 Å². The van der Waals surface area contributed by atoms with Crippen LogP contribution in [0.4, 0.5) is 15.8 Å². The van der Waals surface area contributed by atoms with E-state index in [9.17, 15) is 15.0 Å². The molecule has 5 N–H and O–H groups in total. The normalized spacial score (nSPS) is 14.2. The summed E-state index contributed by atoms with van der Waals surface area (Å²) in [6.07, 6.45) is 0. The molecule has 0 bridgehead atoms. The molecule has 3 rings (SSSR count). The van der Waals surface area contributed by atoms with Crippen molar-refractivity contribution in [3.05, 3.63) is 47.3 Å². The Kier molecular flexibility index (Phi) is 8.75. The maximum Gasteiger partial charge on any atom is 0.287 e. The van der Waals surface area contributed by atoms with Crippen LogP contribution in [-0.4, -0.2) is 71.5 Å². The summed E-state index contributed by atoms with van der Waals surface area (Å²) in [5.74, 6) is -2.90. The number of nitrogens with zero attached hydrogens (tertiary/aromatic N) is 3. The van der Waals surface area contributed by atoms with Gasteiger partial charge in [-0.2, -0.15) is 0 Å². The average molecular weight is 513 g/mol. The lowest BCUT2D eigenvalue weighted by molar-refractivity contribution is -0.115. The first-order valence-electron chi connectivity index (χ1n) is 12.6. The standard InChI is InChI=1S/C27H37FN6O3/c1-6-32-9-11-33(12-10-32)22-8-7-18(13-21(22)28)34(26(30)27(37)31-17(4)5)25(29)20-14-19(16(2)3)23(35)15-24(20)36/h7-8,13-17,29-30,35-36H,6,9-12H2,1-5H3,(H,31,37). The Balaban J connectivity index is 2.03. The highest BCUT2D eigenvalue weighted by atomic mass is 19.1. The maximum atomic E-state index is 15.4. The zero-order chi connectivity index (χ0) is 27.4. The van der Waals surface area contributed by atoms with E-state index in [0.29, 0.717) is 24.3 Å². The molecule has 0 spiro atoms. The van der Waals surface area contributed by atoms with E-state index in [-0.39, 0.29) is 34.7 Å².